The molecule has 0 fully saturated rings. The summed E-state index contributed by atoms with van der Waals surface area (Å²) in [7, 11) is 0. The summed E-state index contributed by atoms with van der Waals surface area (Å²) in [6.45, 7) is 4.24. The van der Waals surface area contributed by atoms with Gasteiger partial charge in [-0.1, -0.05) is 0 Å². The Kier molecular flexibility index (Phi) is 1.34. The number of rotatable bonds is 0. The molecule has 0 saturated heterocycles. The molecule has 1 aromatic rings. The van der Waals surface area contributed by atoms with Crippen molar-refractivity contribution in [2.45, 2.75) is 26.3 Å². The van der Waals surface area contributed by atoms with E-state index in [2.05, 4.69) is 30.2 Å². The molecular formula is C9H12N2. The minimum Gasteiger partial charge on any atom is -0.381 e. The summed E-state index contributed by atoms with van der Waals surface area (Å²) in [5.74, 6) is 0. The van der Waals surface area contributed by atoms with Crippen LogP contribution in [0.2, 0.25) is 0 Å². The zero-order chi connectivity index (χ0) is 7.84. The van der Waals surface area contributed by atoms with Gasteiger partial charge in [0, 0.05) is 18.7 Å². The number of aromatic nitrogens is 1. The van der Waals surface area contributed by atoms with E-state index in [1.165, 1.54) is 16.9 Å². The SMILES string of the molecule is Cc1cnc2c(c1)NC(C)C2. The zero-order valence-corrected chi connectivity index (χ0v) is 6.89. The van der Waals surface area contributed by atoms with E-state index < -0.39 is 0 Å². The molecule has 2 heteroatoms. The van der Waals surface area contributed by atoms with Crippen molar-refractivity contribution in [2.24, 2.45) is 0 Å². The Morgan fingerprint density at radius 1 is 1.64 bits per heavy atom. The van der Waals surface area contributed by atoms with Crippen molar-refractivity contribution < 1.29 is 0 Å². The first kappa shape index (κ1) is 6.65. The molecule has 0 aromatic carbocycles. The van der Waals surface area contributed by atoms with Crippen LogP contribution in [0.1, 0.15) is 18.2 Å². The van der Waals surface area contributed by atoms with Gasteiger partial charge < -0.3 is 5.32 Å². The van der Waals surface area contributed by atoms with Crippen molar-refractivity contribution in [2.75, 3.05) is 5.32 Å². The number of hydrogen-bond donors (Lipinski definition) is 1. The van der Waals surface area contributed by atoms with Crippen LogP contribution in [0.5, 0.6) is 0 Å². The number of nitrogens with zero attached hydrogens (tertiary/aromatic N) is 1. The average molecular weight is 148 g/mol. The zero-order valence-electron chi connectivity index (χ0n) is 6.89. The molecule has 11 heavy (non-hydrogen) atoms. The Hall–Kier alpha value is -1.05. The molecule has 1 aliphatic heterocycles. The number of fused-ring (bicyclic) bond motifs is 1. The first-order chi connectivity index (χ1) is 5.25. The molecule has 1 aliphatic rings. The van der Waals surface area contributed by atoms with Gasteiger partial charge in [0.2, 0.25) is 0 Å². The maximum absolute atomic E-state index is 4.35. The molecule has 0 spiro atoms. The van der Waals surface area contributed by atoms with Gasteiger partial charge in [-0.2, -0.15) is 0 Å². The lowest BCUT2D eigenvalue weighted by Crippen LogP contribution is -2.08. The van der Waals surface area contributed by atoms with Crippen molar-refractivity contribution in [3.8, 4) is 0 Å². The number of aryl methyl sites for hydroxylation is 1. The number of pyridine rings is 1. The van der Waals surface area contributed by atoms with Gasteiger partial charge in [-0.25, -0.2) is 0 Å². The fraction of sp³-hybridized carbons (Fsp3) is 0.444. The molecular weight excluding hydrogens is 136 g/mol. The lowest BCUT2D eigenvalue weighted by atomic mass is 10.2. The van der Waals surface area contributed by atoms with Gasteiger partial charge >= 0.3 is 0 Å². The second-order valence-corrected chi connectivity index (χ2v) is 3.26. The monoisotopic (exact) mass is 148 g/mol. The first-order valence-corrected chi connectivity index (χ1v) is 3.98. The summed E-state index contributed by atoms with van der Waals surface area (Å²) < 4.78 is 0. The summed E-state index contributed by atoms with van der Waals surface area (Å²) >= 11 is 0. The fourth-order valence-corrected chi connectivity index (χ4v) is 1.49. The highest BCUT2D eigenvalue weighted by molar-refractivity contribution is 5.54. The van der Waals surface area contributed by atoms with E-state index in [1.54, 1.807) is 0 Å². The fourth-order valence-electron chi connectivity index (χ4n) is 1.49. The molecule has 0 amide bonds. The molecule has 0 aliphatic carbocycles. The van der Waals surface area contributed by atoms with Gasteiger partial charge in [0.1, 0.15) is 0 Å². The maximum atomic E-state index is 4.35. The topological polar surface area (TPSA) is 24.9 Å². The van der Waals surface area contributed by atoms with E-state index in [4.69, 9.17) is 0 Å². The summed E-state index contributed by atoms with van der Waals surface area (Å²) in [6, 6.07) is 2.71. The molecule has 2 nitrogen and oxygen atoms in total. The molecule has 1 unspecified atom stereocenters. The van der Waals surface area contributed by atoms with Crippen LogP contribution in [-0.4, -0.2) is 11.0 Å². The van der Waals surface area contributed by atoms with Gasteiger partial charge in [0.15, 0.2) is 0 Å². The van der Waals surface area contributed by atoms with E-state index >= 15 is 0 Å². The van der Waals surface area contributed by atoms with E-state index in [1.807, 2.05) is 6.20 Å². The molecule has 0 saturated carbocycles. The smallest absolute Gasteiger partial charge is 0.0655 e. The molecule has 0 bridgehead atoms. The van der Waals surface area contributed by atoms with Crippen LogP contribution in [0.25, 0.3) is 0 Å². The Morgan fingerprint density at radius 3 is 3.27 bits per heavy atom. The van der Waals surface area contributed by atoms with Gasteiger partial charge in [0.05, 0.1) is 11.4 Å². The summed E-state index contributed by atoms with van der Waals surface area (Å²) in [4.78, 5) is 4.35. The van der Waals surface area contributed by atoms with Crippen LogP contribution >= 0.6 is 0 Å². The molecule has 1 N–H and O–H groups in total. The normalized spacial score (nSPS) is 21.1. The van der Waals surface area contributed by atoms with Crippen molar-refractivity contribution in [3.05, 3.63) is 23.5 Å². The predicted molar refractivity (Wildman–Crippen MR) is 45.8 cm³/mol. The largest absolute Gasteiger partial charge is 0.381 e. The lowest BCUT2D eigenvalue weighted by molar-refractivity contribution is 0.824. The van der Waals surface area contributed by atoms with E-state index in [-0.39, 0.29) is 0 Å². The Bertz CT molecular complexity index is 281. The standard InChI is InChI=1S/C9H12N2/c1-6-3-9-8(10-5-6)4-7(2)11-9/h3,5,7,11H,4H2,1-2H3. The number of nitrogens with one attached hydrogen (secondary N) is 1. The lowest BCUT2D eigenvalue weighted by Gasteiger charge is -2.01. The van der Waals surface area contributed by atoms with Crippen molar-refractivity contribution in [3.63, 3.8) is 0 Å². The van der Waals surface area contributed by atoms with E-state index in [0.29, 0.717) is 6.04 Å². The third-order valence-electron chi connectivity index (χ3n) is 2.01. The van der Waals surface area contributed by atoms with Gasteiger partial charge in [-0.3, -0.25) is 4.98 Å². The van der Waals surface area contributed by atoms with Gasteiger partial charge in [-0.15, -0.1) is 0 Å². The maximum Gasteiger partial charge on any atom is 0.0655 e. The third-order valence-corrected chi connectivity index (χ3v) is 2.01. The van der Waals surface area contributed by atoms with Crippen LogP contribution < -0.4 is 5.32 Å². The molecule has 0 radical (unpaired) electrons. The summed E-state index contributed by atoms with van der Waals surface area (Å²) in [5.41, 5.74) is 3.66. The Morgan fingerprint density at radius 2 is 2.45 bits per heavy atom. The summed E-state index contributed by atoms with van der Waals surface area (Å²) in [5, 5.41) is 3.38. The minimum absolute atomic E-state index is 0.555. The van der Waals surface area contributed by atoms with Crippen LogP contribution in [-0.2, 0) is 6.42 Å². The van der Waals surface area contributed by atoms with E-state index in [9.17, 15) is 0 Å². The second-order valence-electron chi connectivity index (χ2n) is 3.26. The highest BCUT2D eigenvalue weighted by Gasteiger charge is 2.16. The predicted octanol–water partition coefficient (Wildman–Crippen LogP) is 1.75. The average Bonchev–Trinajstić information content (AvgIpc) is 2.27. The molecule has 1 atom stereocenters. The van der Waals surface area contributed by atoms with E-state index in [0.717, 1.165) is 6.42 Å². The molecule has 2 rings (SSSR count). The second kappa shape index (κ2) is 2.22. The van der Waals surface area contributed by atoms with Crippen molar-refractivity contribution >= 4 is 5.69 Å². The van der Waals surface area contributed by atoms with Gasteiger partial charge in [-0.05, 0) is 25.5 Å². The Balaban J connectivity index is 2.43. The minimum atomic E-state index is 0.555. The number of hydrogen-bond acceptors (Lipinski definition) is 2. The third kappa shape index (κ3) is 1.09. The highest BCUT2D eigenvalue weighted by Crippen LogP contribution is 2.23. The Labute approximate surface area is 66.7 Å². The van der Waals surface area contributed by atoms with Crippen molar-refractivity contribution in [1.29, 1.82) is 0 Å². The van der Waals surface area contributed by atoms with Crippen molar-refractivity contribution in [1.82, 2.24) is 4.98 Å². The molecule has 1 aromatic heterocycles. The van der Waals surface area contributed by atoms with Crippen LogP contribution in [0, 0.1) is 6.92 Å². The highest BCUT2D eigenvalue weighted by atomic mass is 15.0. The van der Waals surface area contributed by atoms with Crippen LogP contribution in [0.15, 0.2) is 12.3 Å². The molecule has 58 valence electrons. The molecule has 2 heterocycles. The first-order valence-electron chi connectivity index (χ1n) is 3.98. The summed E-state index contributed by atoms with van der Waals surface area (Å²) in [6.07, 6.45) is 2.99. The van der Waals surface area contributed by atoms with Gasteiger partial charge in [0.25, 0.3) is 0 Å². The quantitative estimate of drug-likeness (QED) is 0.606. The van der Waals surface area contributed by atoms with Crippen LogP contribution in [0.4, 0.5) is 5.69 Å². The van der Waals surface area contributed by atoms with Crippen LogP contribution in [0.3, 0.4) is 0 Å². The number of anilines is 1.